The van der Waals surface area contributed by atoms with Gasteiger partial charge in [0.25, 0.3) is 0 Å². The van der Waals surface area contributed by atoms with Crippen LogP contribution in [-0.2, 0) is 13.6 Å². The Morgan fingerprint density at radius 2 is 2.20 bits per heavy atom. The Kier molecular flexibility index (Phi) is 4.36. The van der Waals surface area contributed by atoms with Crippen molar-refractivity contribution in [2.24, 2.45) is 7.05 Å². The number of hydrogen-bond acceptors (Lipinski definition) is 2. The van der Waals surface area contributed by atoms with Crippen molar-refractivity contribution in [3.05, 3.63) is 28.1 Å². The van der Waals surface area contributed by atoms with E-state index in [1.54, 1.807) is 4.68 Å². The van der Waals surface area contributed by atoms with Crippen LogP contribution < -0.4 is 5.32 Å². The van der Waals surface area contributed by atoms with E-state index in [0.29, 0.717) is 0 Å². The molecule has 0 atom stereocenters. The summed E-state index contributed by atoms with van der Waals surface area (Å²) in [5.74, 6) is 0. The molecule has 1 N–H and O–H groups in total. The first-order valence-electron chi connectivity index (χ1n) is 5.04. The molecule has 0 unspecified atom stereocenters. The summed E-state index contributed by atoms with van der Waals surface area (Å²) in [6, 6.07) is 0. The molecular weight excluding hydrogens is 210 g/mol. The van der Waals surface area contributed by atoms with Crippen molar-refractivity contribution in [2.45, 2.75) is 27.3 Å². The lowest BCUT2D eigenvalue weighted by Crippen LogP contribution is -2.13. The molecule has 1 heterocycles. The summed E-state index contributed by atoms with van der Waals surface area (Å²) < 4.78 is 1.70. The van der Waals surface area contributed by atoms with Crippen LogP contribution in [0.15, 0.2) is 11.6 Å². The van der Waals surface area contributed by atoms with E-state index in [1.165, 1.54) is 5.57 Å². The van der Waals surface area contributed by atoms with E-state index in [0.717, 1.165) is 29.5 Å². The summed E-state index contributed by atoms with van der Waals surface area (Å²) in [5, 5.41) is 8.29. The Bertz CT molecular complexity index is 362. The van der Waals surface area contributed by atoms with Gasteiger partial charge in [-0.3, -0.25) is 4.68 Å². The Morgan fingerprint density at radius 1 is 1.53 bits per heavy atom. The fourth-order valence-electron chi connectivity index (χ4n) is 1.35. The van der Waals surface area contributed by atoms with Crippen LogP contribution >= 0.6 is 11.6 Å². The van der Waals surface area contributed by atoms with Gasteiger partial charge in [0.15, 0.2) is 0 Å². The molecule has 0 aliphatic rings. The molecule has 84 valence electrons. The Labute approximate surface area is 96.1 Å². The van der Waals surface area contributed by atoms with Gasteiger partial charge in [-0.05, 0) is 20.8 Å². The maximum atomic E-state index is 6.10. The predicted octanol–water partition coefficient (Wildman–Crippen LogP) is 2.44. The third kappa shape index (κ3) is 3.36. The zero-order chi connectivity index (χ0) is 11.4. The average Bonchev–Trinajstić information content (AvgIpc) is 2.37. The van der Waals surface area contributed by atoms with Crippen molar-refractivity contribution >= 4 is 11.6 Å². The van der Waals surface area contributed by atoms with E-state index in [-0.39, 0.29) is 0 Å². The molecule has 1 aromatic heterocycles. The summed E-state index contributed by atoms with van der Waals surface area (Å²) in [6.07, 6.45) is 2.15. The van der Waals surface area contributed by atoms with Crippen LogP contribution in [0.4, 0.5) is 0 Å². The van der Waals surface area contributed by atoms with E-state index in [9.17, 15) is 0 Å². The number of rotatable bonds is 4. The number of aryl methyl sites for hydroxylation is 2. The normalized spacial score (nSPS) is 10.5. The first kappa shape index (κ1) is 12.3. The number of halogens is 1. The largest absolute Gasteiger partial charge is 0.309 e. The monoisotopic (exact) mass is 227 g/mol. The van der Waals surface area contributed by atoms with Gasteiger partial charge in [-0.15, -0.1) is 0 Å². The average molecular weight is 228 g/mol. The van der Waals surface area contributed by atoms with Crippen LogP contribution in [0.25, 0.3) is 0 Å². The maximum Gasteiger partial charge on any atom is 0.131 e. The molecule has 15 heavy (non-hydrogen) atoms. The van der Waals surface area contributed by atoms with Crippen LogP contribution in [-0.4, -0.2) is 16.3 Å². The van der Waals surface area contributed by atoms with E-state index in [4.69, 9.17) is 11.6 Å². The van der Waals surface area contributed by atoms with E-state index in [2.05, 4.69) is 30.3 Å². The van der Waals surface area contributed by atoms with Crippen LogP contribution in [0.1, 0.15) is 25.1 Å². The predicted molar refractivity (Wildman–Crippen MR) is 64.1 cm³/mol. The highest BCUT2D eigenvalue weighted by Gasteiger charge is 2.09. The topological polar surface area (TPSA) is 29.9 Å². The summed E-state index contributed by atoms with van der Waals surface area (Å²) in [6.45, 7) is 7.78. The Balaban J connectivity index is 2.54. The molecule has 0 spiro atoms. The van der Waals surface area contributed by atoms with Gasteiger partial charge in [0.1, 0.15) is 5.15 Å². The van der Waals surface area contributed by atoms with Crippen molar-refractivity contribution in [3.63, 3.8) is 0 Å². The smallest absolute Gasteiger partial charge is 0.131 e. The second kappa shape index (κ2) is 5.33. The minimum absolute atomic E-state index is 0.720. The molecule has 0 radical (unpaired) electrons. The van der Waals surface area contributed by atoms with Gasteiger partial charge in [-0.1, -0.05) is 23.3 Å². The summed E-state index contributed by atoms with van der Waals surface area (Å²) >= 11 is 6.10. The molecule has 4 heteroatoms. The first-order valence-corrected chi connectivity index (χ1v) is 5.42. The second-order valence-electron chi connectivity index (χ2n) is 3.89. The fourth-order valence-corrected chi connectivity index (χ4v) is 1.59. The number of aromatic nitrogens is 2. The standard InChI is InChI=1S/C11H18ClN3/c1-8(2)5-6-13-7-10-9(3)14-15(4)11(10)12/h5,13H,6-7H2,1-4H3. The van der Waals surface area contributed by atoms with Crippen LogP contribution in [0.5, 0.6) is 0 Å². The molecule has 1 rings (SSSR count). The highest BCUT2D eigenvalue weighted by atomic mass is 35.5. The Hall–Kier alpha value is -0.800. The van der Waals surface area contributed by atoms with Crippen molar-refractivity contribution < 1.29 is 0 Å². The van der Waals surface area contributed by atoms with E-state index in [1.807, 2.05) is 14.0 Å². The van der Waals surface area contributed by atoms with E-state index < -0.39 is 0 Å². The lowest BCUT2D eigenvalue weighted by atomic mass is 10.2. The minimum Gasteiger partial charge on any atom is -0.309 e. The molecule has 0 aliphatic heterocycles. The van der Waals surface area contributed by atoms with Gasteiger partial charge >= 0.3 is 0 Å². The highest BCUT2D eigenvalue weighted by molar-refractivity contribution is 6.30. The van der Waals surface area contributed by atoms with Gasteiger partial charge < -0.3 is 5.32 Å². The van der Waals surface area contributed by atoms with Gasteiger partial charge in [-0.25, -0.2) is 0 Å². The van der Waals surface area contributed by atoms with Crippen molar-refractivity contribution in [2.75, 3.05) is 6.54 Å². The van der Waals surface area contributed by atoms with Gasteiger partial charge in [0.05, 0.1) is 5.69 Å². The third-order valence-corrected chi connectivity index (χ3v) is 2.70. The molecule has 0 amide bonds. The molecule has 1 aromatic rings. The molecule has 0 bridgehead atoms. The van der Waals surface area contributed by atoms with Crippen LogP contribution in [0.2, 0.25) is 5.15 Å². The molecule has 0 saturated heterocycles. The fraction of sp³-hybridized carbons (Fsp3) is 0.545. The maximum absolute atomic E-state index is 6.10. The van der Waals surface area contributed by atoms with Crippen molar-refractivity contribution in [1.82, 2.24) is 15.1 Å². The molecule has 0 aliphatic carbocycles. The first-order chi connectivity index (χ1) is 7.02. The second-order valence-corrected chi connectivity index (χ2v) is 4.25. The Morgan fingerprint density at radius 3 is 2.67 bits per heavy atom. The SMILES string of the molecule is CC(C)=CCNCc1c(C)nn(C)c1Cl. The molecule has 0 fully saturated rings. The van der Waals surface area contributed by atoms with Crippen molar-refractivity contribution in [3.8, 4) is 0 Å². The summed E-state index contributed by atoms with van der Waals surface area (Å²) in [7, 11) is 1.86. The van der Waals surface area contributed by atoms with Crippen LogP contribution in [0.3, 0.4) is 0 Å². The molecule has 0 saturated carbocycles. The van der Waals surface area contributed by atoms with Crippen LogP contribution in [0, 0.1) is 6.92 Å². The lowest BCUT2D eigenvalue weighted by molar-refractivity contribution is 0.749. The number of nitrogens with one attached hydrogen (secondary N) is 1. The quantitative estimate of drug-likeness (QED) is 0.633. The molecular formula is C11H18ClN3. The van der Waals surface area contributed by atoms with E-state index >= 15 is 0 Å². The number of allylic oxidation sites excluding steroid dienone is 1. The third-order valence-electron chi connectivity index (χ3n) is 2.23. The zero-order valence-electron chi connectivity index (χ0n) is 9.76. The van der Waals surface area contributed by atoms with Gasteiger partial charge in [-0.2, -0.15) is 5.10 Å². The number of hydrogen-bond donors (Lipinski definition) is 1. The molecule has 0 aromatic carbocycles. The van der Waals surface area contributed by atoms with Crippen molar-refractivity contribution in [1.29, 1.82) is 0 Å². The van der Waals surface area contributed by atoms with Gasteiger partial charge in [0, 0.05) is 25.7 Å². The van der Waals surface area contributed by atoms with Gasteiger partial charge in [0.2, 0.25) is 0 Å². The lowest BCUT2D eigenvalue weighted by Gasteiger charge is -2.01. The summed E-state index contributed by atoms with van der Waals surface area (Å²) in [5.41, 5.74) is 3.39. The zero-order valence-corrected chi connectivity index (χ0v) is 10.5. The molecule has 3 nitrogen and oxygen atoms in total. The summed E-state index contributed by atoms with van der Waals surface area (Å²) in [4.78, 5) is 0. The highest BCUT2D eigenvalue weighted by Crippen LogP contribution is 2.17. The number of nitrogens with zero attached hydrogens (tertiary/aromatic N) is 2. The minimum atomic E-state index is 0.720.